The van der Waals surface area contributed by atoms with Gasteiger partial charge in [0.2, 0.25) is 0 Å². The third-order valence-electron chi connectivity index (χ3n) is 4.43. The molecule has 8 heteroatoms. The van der Waals surface area contributed by atoms with Gasteiger partial charge in [0.15, 0.2) is 12.1 Å². The van der Waals surface area contributed by atoms with Gasteiger partial charge in [0.05, 0.1) is 5.69 Å². The van der Waals surface area contributed by atoms with E-state index in [4.69, 9.17) is 9.72 Å². The maximum Gasteiger partial charge on any atom is 0.193 e. The highest BCUT2D eigenvalue weighted by molar-refractivity contribution is 9.09. The van der Waals surface area contributed by atoms with Crippen LogP contribution in [0.25, 0.3) is 22.0 Å². The van der Waals surface area contributed by atoms with Gasteiger partial charge in [-0.1, -0.05) is 46.3 Å². The molecule has 1 aromatic carbocycles. The smallest absolute Gasteiger partial charge is 0.193 e. The Morgan fingerprint density at radius 2 is 2.15 bits per heavy atom. The Labute approximate surface area is 169 Å². The average Bonchev–Trinajstić information content (AvgIpc) is 3.36. The minimum Gasteiger partial charge on any atom is -0.356 e. The van der Waals surface area contributed by atoms with E-state index in [-0.39, 0.29) is 12.0 Å². The summed E-state index contributed by atoms with van der Waals surface area (Å²) in [5.74, 6) is 0.624. The molecule has 2 aromatic heterocycles. The van der Waals surface area contributed by atoms with Crippen LogP contribution in [0.5, 0.6) is 0 Å². The molecule has 0 bridgehead atoms. The summed E-state index contributed by atoms with van der Waals surface area (Å²) >= 11 is 4.89. The van der Waals surface area contributed by atoms with E-state index in [1.807, 2.05) is 30.3 Å². The molecule has 1 saturated heterocycles. The normalized spacial score (nSPS) is 18.4. The fourth-order valence-electron chi connectivity index (χ4n) is 3.01. The number of thiazole rings is 1. The van der Waals surface area contributed by atoms with E-state index in [1.165, 1.54) is 11.3 Å². The number of aromatic nitrogens is 4. The number of rotatable bonds is 5. The first-order chi connectivity index (χ1) is 13.1. The first kappa shape index (κ1) is 18.5. The van der Waals surface area contributed by atoms with Crippen molar-refractivity contribution in [3.05, 3.63) is 41.7 Å². The number of carbonyl (C=O) groups is 1. The molecule has 0 spiro atoms. The van der Waals surface area contributed by atoms with Crippen molar-refractivity contribution in [1.29, 1.82) is 0 Å². The third-order valence-corrected chi connectivity index (χ3v) is 6.92. The van der Waals surface area contributed by atoms with Gasteiger partial charge < -0.3 is 4.74 Å². The van der Waals surface area contributed by atoms with Crippen molar-refractivity contribution in [2.75, 3.05) is 6.61 Å². The van der Waals surface area contributed by atoms with Crippen LogP contribution in [0.1, 0.15) is 42.2 Å². The number of alkyl halides is 1. The molecule has 1 fully saturated rings. The van der Waals surface area contributed by atoms with Crippen molar-refractivity contribution < 1.29 is 9.53 Å². The second-order valence-electron chi connectivity index (χ2n) is 6.44. The molecule has 140 valence electrons. The monoisotopic (exact) mass is 446 g/mol. The summed E-state index contributed by atoms with van der Waals surface area (Å²) in [6.45, 7) is 2.31. The number of ketones is 1. The number of halogens is 1. The van der Waals surface area contributed by atoms with Crippen LogP contribution in [0.2, 0.25) is 0 Å². The molecule has 3 aromatic rings. The van der Waals surface area contributed by atoms with Gasteiger partial charge in [0.25, 0.3) is 0 Å². The lowest BCUT2D eigenvalue weighted by atomic mass is 10.1. The quantitative estimate of drug-likeness (QED) is 0.526. The highest BCUT2D eigenvalue weighted by Crippen LogP contribution is 2.39. The van der Waals surface area contributed by atoms with Crippen molar-refractivity contribution in [3.63, 3.8) is 0 Å². The summed E-state index contributed by atoms with van der Waals surface area (Å²) in [4.78, 5) is 21.5. The third kappa shape index (κ3) is 3.88. The number of hydrogen-bond donors (Lipinski definition) is 0. The van der Waals surface area contributed by atoms with Crippen LogP contribution in [0.4, 0.5) is 0 Å². The van der Waals surface area contributed by atoms with Crippen molar-refractivity contribution in [1.82, 2.24) is 19.7 Å². The Kier molecular flexibility index (Phi) is 5.47. The molecule has 2 unspecified atom stereocenters. The van der Waals surface area contributed by atoms with Crippen LogP contribution < -0.4 is 0 Å². The van der Waals surface area contributed by atoms with Crippen LogP contribution in [0.15, 0.2) is 36.7 Å². The molecule has 0 saturated carbocycles. The molecular weight excluding hydrogens is 428 g/mol. The van der Waals surface area contributed by atoms with Gasteiger partial charge in [-0.2, -0.15) is 0 Å². The average molecular weight is 447 g/mol. The Bertz CT molecular complexity index is 934. The summed E-state index contributed by atoms with van der Waals surface area (Å²) < 4.78 is 7.59. The van der Waals surface area contributed by atoms with Gasteiger partial charge in [0.1, 0.15) is 26.8 Å². The lowest BCUT2D eigenvalue weighted by Gasteiger charge is -2.21. The van der Waals surface area contributed by atoms with Gasteiger partial charge >= 0.3 is 0 Å². The molecule has 0 N–H and O–H groups in total. The first-order valence-electron chi connectivity index (χ1n) is 8.87. The molecule has 6 nitrogen and oxygen atoms in total. The lowest BCUT2D eigenvalue weighted by molar-refractivity contribution is -0.116. The van der Waals surface area contributed by atoms with Crippen LogP contribution in [-0.2, 0) is 9.53 Å². The number of hydrogen-bond acceptors (Lipinski definition) is 6. The van der Waals surface area contributed by atoms with Crippen molar-refractivity contribution in [2.45, 2.75) is 37.2 Å². The lowest BCUT2D eigenvalue weighted by Crippen LogP contribution is -2.18. The highest BCUT2D eigenvalue weighted by Gasteiger charge is 2.25. The van der Waals surface area contributed by atoms with Crippen LogP contribution >= 0.6 is 27.3 Å². The van der Waals surface area contributed by atoms with Gasteiger partial charge in [0, 0.05) is 12.2 Å². The van der Waals surface area contributed by atoms with Crippen molar-refractivity contribution in [2.24, 2.45) is 0 Å². The summed E-state index contributed by atoms with van der Waals surface area (Å²) in [5, 5.41) is 5.37. The number of Topliss-reactive ketones (excluding diaryl/α,β-unsaturated/α-hetero) is 1. The maximum absolute atomic E-state index is 11.8. The predicted octanol–water partition coefficient (Wildman–Crippen LogP) is 4.79. The minimum atomic E-state index is -0.428. The number of ether oxygens (including phenoxy) is 1. The molecule has 1 aliphatic rings. The molecule has 0 radical (unpaired) electrons. The van der Waals surface area contributed by atoms with E-state index in [9.17, 15) is 4.79 Å². The van der Waals surface area contributed by atoms with Crippen LogP contribution in [0.3, 0.4) is 0 Å². The molecule has 1 aliphatic heterocycles. The summed E-state index contributed by atoms with van der Waals surface area (Å²) in [5.41, 5.74) is 1.77. The van der Waals surface area contributed by atoms with Gasteiger partial charge in [-0.05, 0) is 26.2 Å². The summed E-state index contributed by atoms with van der Waals surface area (Å²) in [6, 6.07) is 9.90. The minimum absolute atomic E-state index is 0.0176. The van der Waals surface area contributed by atoms with E-state index in [2.05, 4.69) is 26.0 Å². The topological polar surface area (TPSA) is 69.9 Å². The van der Waals surface area contributed by atoms with Crippen LogP contribution in [0, 0.1) is 0 Å². The number of benzene rings is 1. The van der Waals surface area contributed by atoms with E-state index >= 15 is 0 Å². The second-order valence-corrected chi connectivity index (χ2v) is 8.38. The predicted molar refractivity (Wildman–Crippen MR) is 108 cm³/mol. The Balaban J connectivity index is 1.75. The van der Waals surface area contributed by atoms with Crippen molar-refractivity contribution in [3.8, 4) is 22.0 Å². The zero-order valence-corrected chi connectivity index (χ0v) is 17.2. The van der Waals surface area contributed by atoms with E-state index in [0.29, 0.717) is 10.8 Å². The van der Waals surface area contributed by atoms with E-state index in [0.717, 1.165) is 42.0 Å². The largest absolute Gasteiger partial charge is 0.356 e. The fourth-order valence-corrected chi connectivity index (χ4v) is 4.46. The molecular formula is C19H19BrN4O2S. The molecule has 3 heterocycles. The SMILES string of the molecule is CC(=O)C(Br)c1nc(-c2ccccc2)c(-c2ncn(C3CCCCO3)n2)s1. The van der Waals surface area contributed by atoms with Crippen molar-refractivity contribution >= 4 is 33.0 Å². The molecule has 27 heavy (non-hydrogen) atoms. The molecule has 2 atom stereocenters. The summed E-state index contributed by atoms with van der Waals surface area (Å²) in [6.07, 6.45) is 4.82. The van der Waals surface area contributed by atoms with Gasteiger partial charge in [-0.15, -0.1) is 16.4 Å². The first-order valence-corrected chi connectivity index (χ1v) is 10.6. The van der Waals surface area contributed by atoms with Gasteiger partial charge in [-0.3, -0.25) is 4.79 Å². The fraction of sp³-hybridized carbons (Fsp3) is 0.368. The van der Waals surface area contributed by atoms with E-state index < -0.39 is 4.83 Å². The molecule has 0 aliphatic carbocycles. The zero-order valence-electron chi connectivity index (χ0n) is 14.8. The molecule has 0 amide bonds. The zero-order chi connectivity index (χ0) is 18.8. The Hall–Kier alpha value is -1.90. The maximum atomic E-state index is 11.8. The number of carbonyl (C=O) groups excluding carboxylic acids is 1. The van der Waals surface area contributed by atoms with E-state index in [1.54, 1.807) is 17.9 Å². The summed E-state index contributed by atoms with van der Waals surface area (Å²) in [7, 11) is 0. The Morgan fingerprint density at radius 1 is 1.33 bits per heavy atom. The Morgan fingerprint density at radius 3 is 2.85 bits per heavy atom. The number of nitrogens with zero attached hydrogens (tertiary/aromatic N) is 4. The second kappa shape index (κ2) is 8.00. The molecule has 4 rings (SSSR count). The van der Waals surface area contributed by atoms with Crippen LogP contribution in [-0.4, -0.2) is 32.1 Å². The van der Waals surface area contributed by atoms with Gasteiger partial charge in [-0.25, -0.2) is 14.6 Å². The highest BCUT2D eigenvalue weighted by atomic mass is 79.9. The standard InChI is InChI=1S/C19H19BrN4O2S/c1-12(25)15(20)19-22-16(13-7-3-2-4-8-13)17(27-19)18-21-11-24(23-18)14-9-5-6-10-26-14/h2-4,7-8,11,14-15H,5-6,9-10H2,1H3.